The van der Waals surface area contributed by atoms with Crippen molar-refractivity contribution >= 4 is 22.4 Å². The third-order valence-corrected chi connectivity index (χ3v) is 4.14. The van der Waals surface area contributed by atoms with E-state index in [4.69, 9.17) is 11.6 Å². The minimum Gasteiger partial charge on any atom is -0.317 e. The second-order valence-electron chi connectivity index (χ2n) is 3.58. The summed E-state index contributed by atoms with van der Waals surface area (Å²) in [6.45, 7) is 4.08. The van der Waals surface area contributed by atoms with Crippen molar-refractivity contribution in [1.29, 1.82) is 0 Å². The maximum atomic E-state index is 11.9. The van der Waals surface area contributed by atoms with Gasteiger partial charge >= 0.3 is 0 Å². The fraction of sp³-hybridized carbons (Fsp3) is 0.500. The molecule has 1 unspecified atom stereocenters. The third-order valence-electron chi connectivity index (χ3n) is 2.19. The lowest BCUT2D eigenvalue weighted by Crippen LogP contribution is -2.17. The SMILES string of the molecule is CCCNCCCS(=O)c1ccccc1Cl. The summed E-state index contributed by atoms with van der Waals surface area (Å²) in [5.74, 6) is 0.667. The normalized spacial score (nSPS) is 12.6. The Balaban J connectivity index is 2.33. The van der Waals surface area contributed by atoms with Crippen molar-refractivity contribution in [1.82, 2.24) is 5.32 Å². The average Bonchev–Trinajstić information content (AvgIpc) is 2.29. The van der Waals surface area contributed by atoms with E-state index >= 15 is 0 Å². The van der Waals surface area contributed by atoms with E-state index in [0.29, 0.717) is 10.8 Å². The molecule has 2 nitrogen and oxygen atoms in total. The largest absolute Gasteiger partial charge is 0.317 e. The smallest absolute Gasteiger partial charge is 0.0574 e. The predicted octanol–water partition coefficient (Wildman–Crippen LogP) is 2.84. The molecule has 0 saturated carbocycles. The van der Waals surface area contributed by atoms with E-state index < -0.39 is 10.8 Å². The first kappa shape index (κ1) is 13.7. The van der Waals surface area contributed by atoms with Crippen molar-refractivity contribution in [2.75, 3.05) is 18.8 Å². The van der Waals surface area contributed by atoms with Gasteiger partial charge in [0.05, 0.1) is 20.7 Å². The highest BCUT2D eigenvalue weighted by molar-refractivity contribution is 7.85. The molecule has 4 heteroatoms. The van der Waals surface area contributed by atoms with Crippen LogP contribution in [0.1, 0.15) is 19.8 Å². The van der Waals surface area contributed by atoms with Crippen LogP contribution < -0.4 is 5.32 Å². The lowest BCUT2D eigenvalue weighted by atomic mass is 10.4. The Kier molecular flexibility index (Phi) is 6.69. The molecule has 90 valence electrons. The summed E-state index contributed by atoms with van der Waals surface area (Å²) in [7, 11) is -0.972. The summed E-state index contributed by atoms with van der Waals surface area (Å²) < 4.78 is 11.9. The van der Waals surface area contributed by atoms with Gasteiger partial charge in [-0.1, -0.05) is 30.7 Å². The van der Waals surface area contributed by atoms with Gasteiger partial charge in [-0.3, -0.25) is 4.21 Å². The Morgan fingerprint density at radius 1 is 1.31 bits per heavy atom. The van der Waals surface area contributed by atoms with Crippen LogP contribution in [0.15, 0.2) is 29.2 Å². The van der Waals surface area contributed by atoms with Crippen LogP contribution in [0, 0.1) is 0 Å². The van der Waals surface area contributed by atoms with E-state index in [0.717, 1.165) is 30.8 Å². The fourth-order valence-electron chi connectivity index (χ4n) is 1.37. The van der Waals surface area contributed by atoms with E-state index in [2.05, 4.69) is 12.2 Å². The van der Waals surface area contributed by atoms with Crippen molar-refractivity contribution in [3.63, 3.8) is 0 Å². The second kappa shape index (κ2) is 7.82. The summed E-state index contributed by atoms with van der Waals surface area (Å²) >= 11 is 5.97. The quantitative estimate of drug-likeness (QED) is 0.763. The molecule has 1 atom stereocenters. The lowest BCUT2D eigenvalue weighted by Gasteiger charge is -2.05. The molecular formula is C12H18ClNOS. The minimum absolute atomic E-state index is 0.599. The molecule has 1 N–H and O–H groups in total. The molecule has 0 fully saturated rings. The number of rotatable bonds is 7. The Hall–Kier alpha value is -0.380. The number of hydrogen-bond donors (Lipinski definition) is 1. The van der Waals surface area contributed by atoms with Crippen LogP contribution in [0.5, 0.6) is 0 Å². The van der Waals surface area contributed by atoms with Crippen LogP contribution in [0.25, 0.3) is 0 Å². The summed E-state index contributed by atoms with van der Waals surface area (Å²) in [5.41, 5.74) is 0. The molecule has 0 heterocycles. The van der Waals surface area contributed by atoms with Crippen molar-refractivity contribution in [3.05, 3.63) is 29.3 Å². The zero-order valence-electron chi connectivity index (χ0n) is 9.54. The molecule has 0 radical (unpaired) electrons. The van der Waals surface area contributed by atoms with Gasteiger partial charge in [0.15, 0.2) is 0 Å². The van der Waals surface area contributed by atoms with Crippen LogP contribution >= 0.6 is 11.6 Å². The number of benzene rings is 1. The van der Waals surface area contributed by atoms with Gasteiger partial charge in [-0.2, -0.15) is 0 Å². The molecule has 1 aromatic carbocycles. The Morgan fingerprint density at radius 3 is 2.75 bits per heavy atom. The van der Waals surface area contributed by atoms with Gasteiger partial charge in [0.25, 0.3) is 0 Å². The molecule has 1 aromatic rings. The molecule has 0 saturated heterocycles. The van der Waals surface area contributed by atoms with E-state index in [9.17, 15) is 4.21 Å². The summed E-state index contributed by atoms with van der Waals surface area (Å²) in [6, 6.07) is 7.34. The second-order valence-corrected chi connectivity index (χ2v) is 5.53. The van der Waals surface area contributed by atoms with Crippen LogP contribution in [0.4, 0.5) is 0 Å². The molecule has 0 aliphatic rings. The fourth-order valence-corrected chi connectivity index (χ4v) is 2.91. The van der Waals surface area contributed by atoms with Crippen LogP contribution in [0.2, 0.25) is 5.02 Å². The molecule has 0 bridgehead atoms. The molecule has 16 heavy (non-hydrogen) atoms. The maximum Gasteiger partial charge on any atom is 0.0574 e. The van der Waals surface area contributed by atoms with Crippen LogP contribution in [0.3, 0.4) is 0 Å². The highest BCUT2D eigenvalue weighted by Crippen LogP contribution is 2.19. The minimum atomic E-state index is -0.972. The zero-order valence-corrected chi connectivity index (χ0v) is 11.1. The molecule has 0 spiro atoms. The lowest BCUT2D eigenvalue weighted by molar-refractivity contribution is 0.652. The summed E-state index contributed by atoms with van der Waals surface area (Å²) in [5, 5.41) is 3.89. The Bertz CT molecular complexity index is 344. The predicted molar refractivity (Wildman–Crippen MR) is 70.5 cm³/mol. The summed E-state index contributed by atoms with van der Waals surface area (Å²) in [4.78, 5) is 0.750. The highest BCUT2D eigenvalue weighted by atomic mass is 35.5. The Morgan fingerprint density at radius 2 is 2.06 bits per heavy atom. The van der Waals surface area contributed by atoms with E-state index in [1.807, 2.05) is 18.2 Å². The van der Waals surface area contributed by atoms with Gasteiger partial charge in [0.2, 0.25) is 0 Å². The third kappa shape index (κ3) is 4.64. The number of halogens is 1. The van der Waals surface area contributed by atoms with Crippen LogP contribution in [-0.4, -0.2) is 23.1 Å². The van der Waals surface area contributed by atoms with E-state index in [-0.39, 0.29) is 0 Å². The average molecular weight is 260 g/mol. The topological polar surface area (TPSA) is 29.1 Å². The van der Waals surface area contributed by atoms with Crippen molar-refractivity contribution < 1.29 is 4.21 Å². The van der Waals surface area contributed by atoms with Gasteiger partial charge in [-0.05, 0) is 38.1 Å². The number of nitrogens with one attached hydrogen (secondary N) is 1. The standard InChI is InChI=1S/C12H18ClNOS/c1-2-8-14-9-5-10-16(15)12-7-4-3-6-11(12)13/h3-4,6-7,14H,2,5,8-10H2,1H3. The first-order valence-electron chi connectivity index (χ1n) is 5.59. The van der Waals surface area contributed by atoms with Crippen LogP contribution in [-0.2, 0) is 10.8 Å². The molecule has 0 aromatic heterocycles. The number of hydrogen-bond acceptors (Lipinski definition) is 2. The molecular weight excluding hydrogens is 242 g/mol. The van der Waals surface area contributed by atoms with Crippen molar-refractivity contribution in [2.24, 2.45) is 0 Å². The van der Waals surface area contributed by atoms with Crippen molar-refractivity contribution in [3.8, 4) is 0 Å². The zero-order chi connectivity index (χ0) is 11.8. The van der Waals surface area contributed by atoms with Gasteiger partial charge in [0, 0.05) is 5.75 Å². The van der Waals surface area contributed by atoms with Gasteiger partial charge in [0.1, 0.15) is 0 Å². The molecule has 0 aliphatic heterocycles. The monoisotopic (exact) mass is 259 g/mol. The molecule has 0 amide bonds. The van der Waals surface area contributed by atoms with E-state index in [1.165, 1.54) is 0 Å². The molecule has 1 rings (SSSR count). The van der Waals surface area contributed by atoms with Crippen molar-refractivity contribution in [2.45, 2.75) is 24.7 Å². The first-order chi connectivity index (χ1) is 7.75. The summed E-state index contributed by atoms with van der Waals surface area (Å²) in [6.07, 6.45) is 2.05. The maximum absolute atomic E-state index is 11.9. The van der Waals surface area contributed by atoms with Gasteiger partial charge < -0.3 is 5.32 Å². The van der Waals surface area contributed by atoms with E-state index in [1.54, 1.807) is 6.07 Å². The highest BCUT2D eigenvalue weighted by Gasteiger charge is 2.06. The van der Waals surface area contributed by atoms with Gasteiger partial charge in [-0.15, -0.1) is 0 Å². The Labute approximate surface area is 105 Å². The first-order valence-corrected chi connectivity index (χ1v) is 7.29. The van der Waals surface area contributed by atoms with Gasteiger partial charge in [-0.25, -0.2) is 0 Å². The molecule has 0 aliphatic carbocycles.